The quantitative estimate of drug-likeness (QED) is 0.787. The number of esters is 1. The summed E-state index contributed by atoms with van der Waals surface area (Å²) in [5.41, 5.74) is 1.25. The predicted molar refractivity (Wildman–Crippen MR) is 92.7 cm³/mol. The molecule has 0 unspecified atom stereocenters. The van der Waals surface area contributed by atoms with Crippen LogP contribution in [-0.2, 0) is 14.3 Å². The summed E-state index contributed by atoms with van der Waals surface area (Å²) in [5, 5.41) is 3.28. The molecule has 0 atom stereocenters. The van der Waals surface area contributed by atoms with E-state index in [1.165, 1.54) is 6.07 Å². The number of aryl methyl sites for hydroxylation is 1. The van der Waals surface area contributed by atoms with Gasteiger partial charge in [-0.2, -0.15) is 0 Å². The van der Waals surface area contributed by atoms with E-state index in [2.05, 4.69) is 5.32 Å². The van der Waals surface area contributed by atoms with E-state index in [0.717, 1.165) is 5.56 Å². The second kappa shape index (κ2) is 8.57. The third kappa shape index (κ3) is 5.44. The molecule has 5 nitrogen and oxygen atoms in total. The first kappa shape index (κ1) is 18.1. The Morgan fingerprint density at radius 2 is 1.83 bits per heavy atom. The Morgan fingerprint density at radius 3 is 2.58 bits per heavy atom. The van der Waals surface area contributed by atoms with E-state index in [4.69, 9.17) is 32.7 Å². The number of rotatable bonds is 6. The number of hydrogen-bond acceptors (Lipinski definition) is 4. The van der Waals surface area contributed by atoms with Crippen molar-refractivity contribution in [3.8, 4) is 5.75 Å². The Kier molecular flexibility index (Phi) is 6.46. The van der Waals surface area contributed by atoms with E-state index in [9.17, 15) is 9.59 Å². The Hall–Kier alpha value is -2.24. The van der Waals surface area contributed by atoms with Crippen LogP contribution in [0.5, 0.6) is 5.75 Å². The molecule has 0 bridgehead atoms. The van der Waals surface area contributed by atoms with Gasteiger partial charge in [0.25, 0.3) is 5.91 Å². The topological polar surface area (TPSA) is 64.6 Å². The molecule has 24 heavy (non-hydrogen) atoms. The average molecular weight is 368 g/mol. The molecule has 0 aliphatic carbocycles. The first-order chi connectivity index (χ1) is 11.5. The number of hydrogen-bond donors (Lipinski definition) is 1. The minimum absolute atomic E-state index is 0.282. The highest BCUT2D eigenvalue weighted by Gasteiger charge is 2.11. The number of nitrogens with one attached hydrogen (secondary N) is 1. The smallest absolute Gasteiger partial charge is 0.344 e. The average Bonchev–Trinajstić information content (AvgIpc) is 2.55. The number of benzene rings is 2. The second-order valence-electron chi connectivity index (χ2n) is 4.89. The molecular weight excluding hydrogens is 353 g/mol. The van der Waals surface area contributed by atoms with Gasteiger partial charge in [-0.3, -0.25) is 4.79 Å². The van der Waals surface area contributed by atoms with Crippen LogP contribution >= 0.6 is 23.2 Å². The van der Waals surface area contributed by atoms with Gasteiger partial charge in [-0.05, 0) is 36.8 Å². The van der Waals surface area contributed by atoms with E-state index in [0.29, 0.717) is 21.5 Å². The Bertz CT molecular complexity index is 749. The standard InChI is InChI=1S/C17H15Cl2NO4/c1-11-4-2-3-5-15(11)23-10-17(22)24-9-16(21)20-14-8-12(18)6-7-13(14)19/h2-8H,9-10H2,1H3,(H,20,21). The van der Waals surface area contributed by atoms with Crippen LogP contribution < -0.4 is 10.1 Å². The zero-order valence-electron chi connectivity index (χ0n) is 12.8. The molecule has 0 aliphatic rings. The molecule has 1 amide bonds. The number of ether oxygens (including phenoxy) is 2. The van der Waals surface area contributed by atoms with E-state index < -0.39 is 18.5 Å². The maximum absolute atomic E-state index is 11.8. The summed E-state index contributed by atoms with van der Waals surface area (Å²) in [4.78, 5) is 23.4. The Labute approximate surface area is 149 Å². The lowest BCUT2D eigenvalue weighted by atomic mass is 10.2. The molecule has 0 aromatic heterocycles. The predicted octanol–water partition coefficient (Wildman–Crippen LogP) is 3.86. The van der Waals surface area contributed by atoms with Crippen molar-refractivity contribution in [3.63, 3.8) is 0 Å². The molecule has 2 aromatic rings. The lowest BCUT2D eigenvalue weighted by molar-refractivity contribution is -0.149. The van der Waals surface area contributed by atoms with Gasteiger partial charge in [0.2, 0.25) is 0 Å². The van der Waals surface area contributed by atoms with Crippen molar-refractivity contribution in [1.29, 1.82) is 0 Å². The molecule has 126 valence electrons. The van der Waals surface area contributed by atoms with Gasteiger partial charge in [-0.15, -0.1) is 0 Å². The molecule has 0 fully saturated rings. The highest BCUT2D eigenvalue weighted by molar-refractivity contribution is 6.35. The largest absolute Gasteiger partial charge is 0.482 e. The van der Waals surface area contributed by atoms with Gasteiger partial charge in [0.15, 0.2) is 13.2 Å². The maximum atomic E-state index is 11.8. The fraction of sp³-hybridized carbons (Fsp3) is 0.176. The molecule has 2 aromatic carbocycles. The van der Waals surface area contributed by atoms with Crippen molar-refractivity contribution in [1.82, 2.24) is 0 Å². The van der Waals surface area contributed by atoms with Crippen LogP contribution in [0, 0.1) is 6.92 Å². The lowest BCUT2D eigenvalue weighted by Crippen LogP contribution is -2.23. The van der Waals surface area contributed by atoms with Crippen LogP contribution in [0.1, 0.15) is 5.56 Å². The summed E-state index contributed by atoms with van der Waals surface area (Å²) >= 11 is 11.8. The maximum Gasteiger partial charge on any atom is 0.344 e. The first-order valence-electron chi connectivity index (χ1n) is 7.04. The minimum Gasteiger partial charge on any atom is -0.482 e. The number of anilines is 1. The number of carbonyl (C=O) groups excluding carboxylic acids is 2. The van der Waals surface area contributed by atoms with Gasteiger partial charge in [0.05, 0.1) is 10.7 Å². The number of amides is 1. The van der Waals surface area contributed by atoms with Crippen molar-refractivity contribution in [3.05, 3.63) is 58.1 Å². The van der Waals surface area contributed by atoms with E-state index >= 15 is 0 Å². The second-order valence-corrected chi connectivity index (χ2v) is 5.73. The highest BCUT2D eigenvalue weighted by atomic mass is 35.5. The van der Waals surface area contributed by atoms with Crippen molar-refractivity contribution in [2.75, 3.05) is 18.5 Å². The van der Waals surface area contributed by atoms with Gasteiger partial charge >= 0.3 is 5.97 Å². The van der Waals surface area contributed by atoms with Crippen molar-refractivity contribution >= 4 is 40.8 Å². The van der Waals surface area contributed by atoms with E-state index in [-0.39, 0.29) is 6.61 Å². The van der Waals surface area contributed by atoms with Crippen LogP contribution in [0.15, 0.2) is 42.5 Å². The SMILES string of the molecule is Cc1ccccc1OCC(=O)OCC(=O)Nc1cc(Cl)ccc1Cl. The molecule has 0 aliphatic heterocycles. The molecule has 0 spiro atoms. The van der Waals surface area contributed by atoms with Gasteiger partial charge in [-0.25, -0.2) is 4.79 Å². The molecule has 1 N–H and O–H groups in total. The molecular formula is C17H15Cl2NO4. The van der Waals surface area contributed by atoms with Crippen LogP contribution in [0.3, 0.4) is 0 Å². The third-order valence-corrected chi connectivity index (χ3v) is 3.57. The van der Waals surface area contributed by atoms with Crippen LogP contribution in [0.25, 0.3) is 0 Å². The normalized spacial score (nSPS) is 10.1. The zero-order valence-corrected chi connectivity index (χ0v) is 14.4. The number of carbonyl (C=O) groups is 2. The Balaban J connectivity index is 1.78. The van der Waals surface area contributed by atoms with Gasteiger partial charge in [0, 0.05) is 5.02 Å². The molecule has 0 heterocycles. The van der Waals surface area contributed by atoms with Crippen molar-refractivity contribution < 1.29 is 19.1 Å². The van der Waals surface area contributed by atoms with E-state index in [1.54, 1.807) is 24.3 Å². The monoisotopic (exact) mass is 367 g/mol. The summed E-state index contributed by atoms with van der Waals surface area (Å²) in [5.74, 6) is -0.585. The summed E-state index contributed by atoms with van der Waals surface area (Å²) in [7, 11) is 0. The number of halogens is 2. The summed E-state index contributed by atoms with van der Waals surface area (Å²) < 4.78 is 10.2. The summed E-state index contributed by atoms with van der Waals surface area (Å²) in [6.07, 6.45) is 0. The molecule has 0 saturated heterocycles. The highest BCUT2D eigenvalue weighted by Crippen LogP contribution is 2.25. The summed E-state index contributed by atoms with van der Waals surface area (Å²) in [6.45, 7) is 1.14. The van der Waals surface area contributed by atoms with Gasteiger partial charge < -0.3 is 14.8 Å². The molecule has 0 saturated carbocycles. The summed E-state index contributed by atoms with van der Waals surface area (Å²) in [6, 6.07) is 11.9. The Morgan fingerprint density at radius 1 is 1.08 bits per heavy atom. The molecule has 2 rings (SSSR count). The number of para-hydroxylation sites is 1. The third-order valence-electron chi connectivity index (χ3n) is 3.01. The van der Waals surface area contributed by atoms with Crippen molar-refractivity contribution in [2.45, 2.75) is 6.92 Å². The van der Waals surface area contributed by atoms with Gasteiger partial charge in [0.1, 0.15) is 5.75 Å². The lowest BCUT2D eigenvalue weighted by Gasteiger charge is -2.10. The zero-order chi connectivity index (χ0) is 17.5. The van der Waals surface area contributed by atoms with E-state index in [1.807, 2.05) is 19.1 Å². The van der Waals surface area contributed by atoms with Crippen molar-refractivity contribution in [2.24, 2.45) is 0 Å². The fourth-order valence-electron chi connectivity index (χ4n) is 1.82. The van der Waals surface area contributed by atoms with Crippen LogP contribution in [0.4, 0.5) is 5.69 Å². The van der Waals surface area contributed by atoms with Crippen LogP contribution in [0.2, 0.25) is 10.0 Å². The minimum atomic E-state index is -0.648. The molecule has 7 heteroatoms. The first-order valence-corrected chi connectivity index (χ1v) is 7.80. The molecule has 0 radical (unpaired) electrons. The van der Waals surface area contributed by atoms with Gasteiger partial charge in [-0.1, -0.05) is 41.4 Å². The fourth-order valence-corrected chi connectivity index (χ4v) is 2.16. The van der Waals surface area contributed by atoms with Crippen LogP contribution in [-0.4, -0.2) is 25.1 Å².